The number of hydrogen-bond donors (Lipinski definition) is 0. The van der Waals surface area contributed by atoms with Gasteiger partial charge in [0, 0.05) is 0 Å². The summed E-state index contributed by atoms with van der Waals surface area (Å²) in [5, 5.41) is 0. The van der Waals surface area contributed by atoms with Crippen molar-refractivity contribution in [3.63, 3.8) is 0 Å². The maximum Gasteiger partial charge on any atom is -0.00254 e. The van der Waals surface area contributed by atoms with Gasteiger partial charge in [-0.2, -0.15) is 0 Å². The van der Waals surface area contributed by atoms with Crippen LogP contribution in [0.3, 0.4) is 0 Å². The first kappa shape index (κ1) is 13.4. The highest BCUT2D eigenvalue weighted by atomic mass is 14.7. The SMILES string of the molecule is CC1=C2C[C@]3(C)CCC(C)(C)[C@@H]3[C@H]3CC[C@@H](C)[C@@]23CC1. The van der Waals surface area contributed by atoms with Gasteiger partial charge in [0.25, 0.3) is 0 Å². The van der Waals surface area contributed by atoms with E-state index in [4.69, 9.17) is 0 Å². The average molecular weight is 272 g/mol. The minimum absolute atomic E-state index is 0.582. The van der Waals surface area contributed by atoms with Crippen LogP contribution in [0.1, 0.15) is 79.6 Å². The summed E-state index contributed by atoms with van der Waals surface area (Å²) in [7, 11) is 0. The van der Waals surface area contributed by atoms with Gasteiger partial charge in [0.2, 0.25) is 0 Å². The highest BCUT2D eigenvalue weighted by Gasteiger charge is 2.66. The van der Waals surface area contributed by atoms with E-state index < -0.39 is 0 Å². The van der Waals surface area contributed by atoms with Gasteiger partial charge in [-0.25, -0.2) is 0 Å². The lowest BCUT2D eigenvalue weighted by atomic mass is 9.49. The zero-order valence-electron chi connectivity index (χ0n) is 14.2. The predicted octanol–water partition coefficient (Wildman–Crippen LogP) is 5.98. The summed E-state index contributed by atoms with van der Waals surface area (Å²) < 4.78 is 0. The summed E-state index contributed by atoms with van der Waals surface area (Å²) in [5.74, 6) is 2.93. The van der Waals surface area contributed by atoms with Crippen LogP contribution in [-0.2, 0) is 0 Å². The summed E-state index contributed by atoms with van der Waals surface area (Å²) in [4.78, 5) is 0. The molecule has 0 amide bonds. The van der Waals surface area contributed by atoms with Crippen molar-refractivity contribution in [2.24, 2.45) is 34.0 Å². The van der Waals surface area contributed by atoms with Gasteiger partial charge in [0.1, 0.15) is 0 Å². The van der Waals surface area contributed by atoms with Crippen LogP contribution in [0.25, 0.3) is 0 Å². The van der Waals surface area contributed by atoms with Crippen molar-refractivity contribution in [3.05, 3.63) is 11.1 Å². The molecule has 4 rings (SSSR count). The fourth-order valence-corrected chi connectivity index (χ4v) is 7.63. The van der Waals surface area contributed by atoms with Crippen molar-refractivity contribution in [1.29, 1.82) is 0 Å². The van der Waals surface area contributed by atoms with Crippen molar-refractivity contribution < 1.29 is 0 Å². The molecule has 0 aromatic rings. The van der Waals surface area contributed by atoms with E-state index in [2.05, 4.69) is 34.6 Å². The van der Waals surface area contributed by atoms with Crippen LogP contribution >= 0.6 is 0 Å². The number of rotatable bonds is 0. The minimum atomic E-state index is 0.582. The van der Waals surface area contributed by atoms with Crippen molar-refractivity contribution in [2.75, 3.05) is 0 Å². The lowest BCUT2D eigenvalue weighted by molar-refractivity contribution is -0.0226. The smallest absolute Gasteiger partial charge is 0.00254 e. The summed E-state index contributed by atoms with van der Waals surface area (Å²) in [6.45, 7) is 12.8. The van der Waals surface area contributed by atoms with Gasteiger partial charge < -0.3 is 0 Å². The van der Waals surface area contributed by atoms with Crippen molar-refractivity contribution in [3.8, 4) is 0 Å². The molecule has 0 radical (unpaired) electrons. The Hall–Kier alpha value is -0.260. The van der Waals surface area contributed by atoms with E-state index in [0.29, 0.717) is 16.2 Å². The standard InChI is InChI=1S/C20H32/c1-13-8-9-20-14(2)6-7-15(20)17-18(3,4)10-11-19(17,5)12-16(13)20/h14-15,17H,6-12H2,1-5H3/t14-,15-,17+,19+,20-/m1/s1. The van der Waals surface area contributed by atoms with E-state index in [-0.39, 0.29) is 0 Å². The summed E-state index contributed by atoms with van der Waals surface area (Å²) >= 11 is 0. The van der Waals surface area contributed by atoms with Gasteiger partial charge >= 0.3 is 0 Å². The largest absolute Gasteiger partial charge is 0.0735 e. The zero-order chi connectivity index (χ0) is 14.3. The quantitative estimate of drug-likeness (QED) is 0.476. The van der Waals surface area contributed by atoms with E-state index >= 15 is 0 Å². The number of hydrogen-bond acceptors (Lipinski definition) is 0. The van der Waals surface area contributed by atoms with Crippen molar-refractivity contribution in [2.45, 2.75) is 79.6 Å². The first-order valence-electron chi connectivity index (χ1n) is 9.00. The predicted molar refractivity (Wildman–Crippen MR) is 85.5 cm³/mol. The molecule has 0 saturated heterocycles. The highest BCUT2D eigenvalue weighted by Crippen LogP contribution is 2.75. The van der Waals surface area contributed by atoms with Crippen LogP contribution in [0.5, 0.6) is 0 Å². The second-order valence-electron chi connectivity index (χ2n) is 9.68. The molecular formula is C20H32. The Morgan fingerprint density at radius 1 is 1.00 bits per heavy atom. The third-order valence-electron chi connectivity index (χ3n) is 8.36. The molecule has 4 aliphatic rings. The third-order valence-corrected chi connectivity index (χ3v) is 8.36. The second kappa shape index (κ2) is 3.73. The van der Waals surface area contributed by atoms with Crippen LogP contribution in [0.4, 0.5) is 0 Å². The topological polar surface area (TPSA) is 0 Å². The van der Waals surface area contributed by atoms with Gasteiger partial charge in [-0.05, 0) is 85.9 Å². The third kappa shape index (κ3) is 1.35. The average Bonchev–Trinajstić information content (AvgIpc) is 2.94. The number of fused-ring (bicyclic) bond motifs is 2. The Balaban J connectivity index is 1.89. The van der Waals surface area contributed by atoms with Crippen LogP contribution in [0, 0.1) is 34.0 Å². The van der Waals surface area contributed by atoms with Gasteiger partial charge in [-0.15, -0.1) is 0 Å². The summed E-state index contributed by atoms with van der Waals surface area (Å²) in [5.41, 5.74) is 5.56. The monoisotopic (exact) mass is 272 g/mol. The molecular weight excluding hydrogens is 240 g/mol. The summed E-state index contributed by atoms with van der Waals surface area (Å²) in [6, 6.07) is 0. The van der Waals surface area contributed by atoms with Crippen molar-refractivity contribution >= 4 is 0 Å². The maximum atomic E-state index is 2.64. The first-order valence-corrected chi connectivity index (χ1v) is 9.00. The molecule has 1 spiro atoms. The fourth-order valence-electron chi connectivity index (χ4n) is 7.63. The van der Waals surface area contributed by atoms with Crippen LogP contribution < -0.4 is 0 Å². The molecule has 20 heavy (non-hydrogen) atoms. The van der Waals surface area contributed by atoms with E-state index in [9.17, 15) is 0 Å². The Morgan fingerprint density at radius 2 is 1.75 bits per heavy atom. The molecule has 3 saturated carbocycles. The summed E-state index contributed by atoms with van der Waals surface area (Å²) in [6.07, 6.45) is 10.3. The molecule has 0 heterocycles. The Bertz CT molecular complexity index is 482. The second-order valence-corrected chi connectivity index (χ2v) is 9.68. The van der Waals surface area contributed by atoms with E-state index in [1.807, 2.05) is 5.57 Å². The molecule has 0 unspecified atom stereocenters. The van der Waals surface area contributed by atoms with Crippen molar-refractivity contribution in [1.82, 2.24) is 0 Å². The normalized spacial score (nSPS) is 53.0. The first-order chi connectivity index (χ1) is 9.31. The molecule has 5 atom stereocenters. The highest BCUT2D eigenvalue weighted by molar-refractivity contribution is 5.36. The minimum Gasteiger partial charge on any atom is -0.0735 e. The molecule has 0 heteroatoms. The lowest BCUT2D eigenvalue weighted by Crippen LogP contribution is -2.49. The lowest BCUT2D eigenvalue weighted by Gasteiger charge is -2.56. The van der Waals surface area contributed by atoms with E-state index in [1.165, 1.54) is 44.9 Å². The zero-order valence-corrected chi connectivity index (χ0v) is 14.2. The maximum absolute atomic E-state index is 2.64. The van der Waals surface area contributed by atoms with E-state index in [1.54, 1.807) is 5.57 Å². The van der Waals surface area contributed by atoms with Gasteiger partial charge in [-0.1, -0.05) is 38.8 Å². The number of allylic oxidation sites excluding steroid dienone is 2. The Morgan fingerprint density at radius 3 is 2.50 bits per heavy atom. The van der Waals surface area contributed by atoms with Gasteiger partial charge in [-0.3, -0.25) is 0 Å². The molecule has 0 aliphatic heterocycles. The van der Waals surface area contributed by atoms with Gasteiger partial charge in [0.15, 0.2) is 0 Å². The molecule has 0 aromatic heterocycles. The van der Waals surface area contributed by atoms with Crippen LogP contribution in [0.2, 0.25) is 0 Å². The molecule has 0 nitrogen and oxygen atoms in total. The van der Waals surface area contributed by atoms with E-state index in [0.717, 1.165) is 17.8 Å². The molecule has 0 aromatic carbocycles. The molecule has 0 N–H and O–H groups in total. The molecule has 112 valence electrons. The van der Waals surface area contributed by atoms with Gasteiger partial charge in [0.05, 0.1) is 0 Å². The molecule has 3 fully saturated rings. The fraction of sp³-hybridized carbons (Fsp3) is 0.900. The molecule has 0 bridgehead atoms. The van der Waals surface area contributed by atoms with Crippen LogP contribution in [-0.4, -0.2) is 0 Å². The molecule has 4 aliphatic carbocycles. The van der Waals surface area contributed by atoms with Crippen LogP contribution in [0.15, 0.2) is 11.1 Å². The Labute approximate surface area is 125 Å². The Kier molecular flexibility index (Phi) is 2.50.